The van der Waals surface area contributed by atoms with Crippen molar-refractivity contribution in [3.8, 4) is 0 Å². The molecule has 0 amide bonds. The molecular formula is C9H14OS. The van der Waals surface area contributed by atoms with E-state index in [0.29, 0.717) is 5.92 Å². The van der Waals surface area contributed by atoms with E-state index in [4.69, 9.17) is 0 Å². The fourth-order valence-electron chi connectivity index (χ4n) is 1.00. The second-order valence-electron chi connectivity index (χ2n) is 3.18. The lowest BCUT2D eigenvalue weighted by atomic mass is 10.0. The quantitative estimate of drug-likeness (QED) is 0.723. The van der Waals surface area contributed by atoms with E-state index in [9.17, 15) is 5.11 Å². The van der Waals surface area contributed by atoms with Gasteiger partial charge in [0.25, 0.3) is 0 Å². The summed E-state index contributed by atoms with van der Waals surface area (Å²) in [5.41, 5.74) is 1.06. The summed E-state index contributed by atoms with van der Waals surface area (Å²) in [4.78, 5) is 1.26. The van der Waals surface area contributed by atoms with Crippen molar-refractivity contribution in [3.05, 3.63) is 21.9 Å². The Labute approximate surface area is 71.7 Å². The number of aliphatic hydroxyl groups excluding tert-OH is 1. The first-order valence-electron chi connectivity index (χ1n) is 3.84. The molecule has 0 aliphatic carbocycles. The first-order chi connectivity index (χ1) is 5.11. The molecule has 1 unspecified atom stereocenters. The molecule has 1 rings (SSSR count). The number of rotatable bonds is 2. The first kappa shape index (κ1) is 8.75. The predicted octanol–water partition coefficient (Wildman–Crippen LogP) is 2.75. The van der Waals surface area contributed by atoms with Crippen molar-refractivity contribution in [1.82, 2.24) is 0 Å². The highest BCUT2D eigenvalue weighted by Crippen LogP contribution is 2.25. The maximum atomic E-state index is 9.62. The van der Waals surface area contributed by atoms with Gasteiger partial charge < -0.3 is 5.11 Å². The number of aryl methyl sites for hydroxylation is 1. The van der Waals surface area contributed by atoms with Crippen molar-refractivity contribution >= 4 is 11.3 Å². The average molecular weight is 170 g/mol. The standard InChI is InChI=1S/C9H14OS/c1-6(2)9(10)8-4-7(3)11-5-8/h4-6,9-10H,1-3H3. The molecule has 0 bridgehead atoms. The summed E-state index contributed by atoms with van der Waals surface area (Å²) in [5, 5.41) is 11.6. The van der Waals surface area contributed by atoms with Crippen LogP contribution in [0.25, 0.3) is 0 Å². The summed E-state index contributed by atoms with van der Waals surface area (Å²) in [6.07, 6.45) is -0.292. The molecule has 1 aromatic heterocycles. The van der Waals surface area contributed by atoms with E-state index in [2.05, 4.69) is 13.0 Å². The molecule has 1 N–H and O–H groups in total. The molecule has 0 fully saturated rings. The summed E-state index contributed by atoms with van der Waals surface area (Å²) >= 11 is 1.69. The van der Waals surface area contributed by atoms with Crippen LogP contribution in [0.4, 0.5) is 0 Å². The summed E-state index contributed by atoms with van der Waals surface area (Å²) < 4.78 is 0. The zero-order valence-electron chi connectivity index (χ0n) is 7.16. The predicted molar refractivity (Wildman–Crippen MR) is 48.9 cm³/mol. The van der Waals surface area contributed by atoms with Crippen LogP contribution in [-0.2, 0) is 0 Å². The monoisotopic (exact) mass is 170 g/mol. The van der Waals surface area contributed by atoms with E-state index < -0.39 is 0 Å². The second kappa shape index (κ2) is 3.37. The molecule has 1 aromatic rings. The van der Waals surface area contributed by atoms with E-state index >= 15 is 0 Å². The van der Waals surface area contributed by atoms with Gasteiger partial charge in [-0.1, -0.05) is 13.8 Å². The van der Waals surface area contributed by atoms with Crippen molar-refractivity contribution in [2.45, 2.75) is 26.9 Å². The van der Waals surface area contributed by atoms with Gasteiger partial charge in [0, 0.05) is 4.88 Å². The van der Waals surface area contributed by atoms with Gasteiger partial charge in [-0.25, -0.2) is 0 Å². The van der Waals surface area contributed by atoms with Crippen LogP contribution in [0.5, 0.6) is 0 Å². The van der Waals surface area contributed by atoms with Crippen molar-refractivity contribution in [2.75, 3.05) is 0 Å². The first-order valence-corrected chi connectivity index (χ1v) is 4.72. The lowest BCUT2D eigenvalue weighted by Gasteiger charge is -2.11. The Morgan fingerprint density at radius 1 is 1.45 bits per heavy atom. The van der Waals surface area contributed by atoms with Crippen molar-refractivity contribution in [3.63, 3.8) is 0 Å². The lowest BCUT2D eigenvalue weighted by molar-refractivity contribution is 0.127. The van der Waals surface area contributed by atoms with Crippen LogP contribution in [0, 0.1) is 12.8 Å². The van der Waals surface area contributed by atoms with Crippen molar-refractivity contribution < 1.29 is 5.11 Å². The minimum Gasteiger partial charge on any atom is -0.388 e. The molecule has 1 nitrogen and oxygen atoms in total. The Morgan fingerprint density at radius 3 is 2.45 bits per heavy atom. The fraction of sp³-hybridized carbons (Fsp3) is 0.556. The average Bonchev–Trinajstić information content (AvgIpc) is 2.34. The lowest BCUT2D eigenvalue weighted by Crippen LogP contribution is -2.03. The Bertz CT molecular complexity index is 227. The van der Waals surface area contributed by atoms with Gasteiger partial charge in [0.2, 0.25) is 0 Å². The van der Waals surface area contributed by atoms with Crippen LogP contribution in [0.1, 0.15) is 30.4 Å². The number of hydrogen-bond acceptors (Lipinski definition) is 2. The molecule has 0 aliphatic heterocycles. The van der Waals surface area contributed by atoms with Gasteiger partial charge in [-0.3, -0.25) is 0 Å². The van der Waals surface area contributed by atoms with Crippen LogP contribution < -0.4 is 0 Å². The topological polar surface area (TPSA) is 20.2 Å². The number of aliphatic hydroxyl groups is 1. The van der Waals surface area contributed by atoms with Gasteiger partial charge >= 0.3 is 0 Å². The van der Waals surface area contributed by atoms with Crippen LogP contribution in [0.3, 0.4) is 0 Å². The highest BCUT2D eigenvalue weighted by Gasteiger charge is 2.12. The van der Waals surface area contributed by atoms with Gasteiger partial charge in [0.1, 0.15) is 0 Å². The Hall–Kier alpha value is -0.340. The van der Waals surface area contributed by atoms with Crippen LogP contribution in [0.2, 0.25) is 0 Å². The molecule has 0 spiro atoms. The van der Waals surface area contributed by atoms with Crippen molar-refractivity contribution in [2.24, 2.45) is 5.92 Å². The van der Waals surface area contributed by atoms with Gasteiger partial charge in [0.05, 0.1) is 6.10 Å². The molecule has 0 radical (unpaired) electrons. The van der Waals surface area contributed by atoms with Crippen LogP contribution >= 0.6 is 11.3 Å². The molecule has 62 valence electrons. The maximum absolute atomic E-state index is 9.62. The molecule has 0 aliphatic rings. The second-order valence-corrected chi connectivity index (χ2v) is 4.29. The summed E-state index contributed by atoms with van der Waals surface area (Å²) in [6, 6.07) is 2.05. The maximum Gasteiger partial charge on any atom is 0.0821 e. The van der Waals surface area contributed by atoms with E-state index in [1.165, 1.54) is 4.88 Å². The van der Waals surface area contributed by atoms with Gasteiger partial charge in [-0.05, 0) is 29.9 Å². The molecule has 0 saturated heterocycles. The zero-order valence-corrected chi connectivity index (χ0v) is 7.98. The van der Waals surface area contributed by atoms with E-state index in [-0.39, 0.29) is 6.10 Å². The molecular weight excluding hydrogens is 156 g/mol. The summed E-state index contributed by atoms with van der Waals surface area (Å²) in [5.74, 6) is 0.309. The van der Waals surface area contributed by atoms with Gasteiger partial charge in [0.15, 0.2) is 0 Å². The Morgan fingerprint density at radius 2 is 2.09 bits per heavy atom. The largest absolute Gasteiger partial charge is 0.388 e. The van der Waals surface area contributed by atoms with Crippen LogP contribution in [0.15, 0.2) is 11.4 Å². The highest BCUT2D eigenvalue weighted by molar-refractivity contribution is 7.10. The highest BCUT2D eigenvalue weighted by atomic mass is 32.1. The molecule has 2 heteroatoms. The van der Waals surface area contributed by atoms with E-state index in [1.54, 1.807) is 11.3 Å². The van der Waals surface area contributed by atoms with Gasteiger partial charge in [-0.15, -0.1) is 11.3 Å². The van der Waals surface area contributed by atoms with Crippen molar-refractivity contribution in [1.29, 1.82) is 0 Å². The molecule has 0 saturated carbocycles. The minimum atomic E-state index is -0.292. The molecule has 11 heavy (non-hydrogen) atoms. The van der Waals surface area contributed by atoms with Gasteiger partial charge in [-0.2, -0.15) is 0 Å². The van der Waals surface area contributed by atoms with Crippen LogP contribution in [-0.4, -0.2) is 5.11 Å². The molecule has 1 heterocycles. The smallest absolute Gasteiger partial charge is 0.0821 e. The Balaban J connectivity index is 2.76. The van der Waals surface area contributed by atoms with E-state index in [1.807, 2.05) is 19.2 Å². The Kier molecular flexibility index (Phi) is 2.68. The third-order valence-electron chi connectivity index (χ3n) is 1.72. The SMILES string of the molecule is Cc1cc(C(O)C(C)C)cs1. The zero-order chi connectivity index (χ0) is 8.43. The molecule has 1 atom stereocenters. The number of thiophene rings is 1. The normalized spacial score (nSPS) is 13.9. The van der Waals surface area contributed by atoms with E-state index in [0.717, 1.165) is 5.56 Å². The fourth-order valence-corrected chi connectivity index (χ4v) is 1.74. The third kappa shape index (κ3) is 2.04. The molecule has 0 aromatic carbocycles. The third-order valence-corrected chi connectivity index (χ3v) is 2.60. The minimum absolute atomic E-state index is 0.292. The summed E-state index contributed by atoms with van der Waals surface area (Å²) in [6.45, 7) is 6.11. The summed E-state index contributed by atoms with van der Waals surface area (Å²) in [7, 11) is 0. The number of hydrogen-bond donors (Lipinski definition) is 1.